The lowest BCUT2D eigenvalue weighted by Gasteiger charge is -2.28. The zero-order chi connectivity index (χ0) is 37.2. The van der Waals surface area contributed by atoms with Gasteiger partial charge in [0.15, 0.2) is 0 Å². The monoisotopic (exact) mass is 719 g/mol. The largest absolute Gasteiger partial charge is 0.488 e. The average Bonchev–Trinajstić information content (AvgIpc) is 3.92. The molecule has 0 saturated carbocycles. The zero-order valence-corrected chi connectivity index (χ0v) is 31.1. The highest BCUT2D eigenvalue weighted by molar-refractivity contribution is 6.03. The van der Waals surface area contributed by atoms with Gasteiger partial charge in [-0.15, -0.1) is 0 Å². The summed E-state index contributed by atoms with van der Waals surface area (Å²) in [7, 11) is 0. The summed E-state index contributed by atoms with van der Waals surface area (Å²) in [6, 6.07) is 11.3. The van der Waals surface area contributed by atoms with E-state index in [0.29, 0.717) is 47.8 Å². The SMILES string of the molecule is CC(C)(C)OC(=O)N1CCC[C@H]1C1=NC=C(c2ccc3c(c2)OCc2c-3c(=O)oc3cc(-c4cnc([C@@H]5CCCN5C(=O)OC(C)(C)C)[nH]4)ccc23)C1. The fourth-order valence-corrected chi connectivity index (χ4v) is 7.78. The molecule has 2 amide bonds. The predicted molar refractivity (Wildman–Crippen MR) is 201 cm³/mol. The number of nitrogens with one attached hydrogen (secondary N) is 1. The van der Waals surface area contributed by atoms with E-state index >= 15 is 0 Å². The van der Waals surface area contributed by atoms with Crippen LogP contribution >= 0.6 is 0 Å². The van der Waals surface area contributed by atoms with Gasteiger partial charge in [0.2, 0.25) is 0 Å². The van der Waals surface area contributed by atoms with Gasteiger partial charge in [0.25, 0.3) is 0 Å². The van der Waals surface area contributed by atoms with Crippen LogP contribution in [0.3, 0.4) is 0 Å². The molecule has 276 valence electrons. The summed E-state index contributed by atoms with van der Waals surface area (Å²) in [5.41, 5.74) is 5.34. The van der Waals surface area contributed by atoms with Crippen LogP contribution in [0.2, 0.25) is 0 Å². The van der Waals surface area contributed by atoms with Gasteiger partial charge in [0.05, 0.1) is 29.5 Å². The molecule has 53 heavy (non-hydrogen) atoms. The average molecular weight is 720 g/mol. The number of aromatic nitrogens is 2. The number of benzene rings is 2. The van der Waals surface area contributed by atoms with Crippen LogP contribution in [-0.2, 0) is 16.1 Å². The van der Waals surface area contributed by atoms with Crippen molar-refractivity contribution in [3.63, 3.8) is 0 Å². The third-order valence-corrected chi connectivity index (χ3v) is 10.1. The van der Waals surface area contributed by atoms with Crippen molar-refractivity contribution in [2.45, 2.75) is 104 Å². The molecule has 4 aliphatic heterocycles. The van der Waals surface area contributed by atoms with E-state index in [1.54, 1.807) is 16.0 Å². The molecule has 0 bridgehead atoms. The molecule has 0 aliphatic carbocycles. The first-order valence-corrected chi connectivity index (χ1v) is 18.4. The molecule has 0 unspecified atom stereocenters. The van der Waals surface area contributed by atoms with Crippen molar-refractivity contribution < 1.29 is 28.2 Å². The normalized spacial score (nSPS) is 19.8. The Labute approximate surface area is 307 Å². The smallest absolute Gasteiger partial charge is 0.410 e. The number of ether oxygens (including phenoxy) is 3. The van der Waals surface area contributed by atoms with Crippen molar-refractivity contribution in [3.8, 4) is 28.1 Å². The number of hydrogen-bond donors (Lipinski definition) is 1. The number of hydrogen-bond acceptors (Lipinski definition) is 9. The molecule has 2 aromatic carbocycles. The molecule has 0 spiro atoms. The Balaban J connectivity index is 1.00. The highest BCUT2D eigenvalue weighted by Gasteiger charge is 2.37. The topological polar surface area (TPSA) is 140 Å². The van der Waals surface area contributed by atoms with Gasteiger partial charge in [-0.25, -0.2) is 19.4 Å². The summed E-state index contributed by atoms with van der Waals surface area (Å²) in [6.07, 6.45) is 6.99. The Hall–Kier alpha value is -5.39. The van der Waals surface area contributed by atoms with Crippen LogP contribution < -0.4 is 10.4 Å². The maximum Gasteiger partial charge on any atom is 0.410 e. The fraction of sp³-hybridized carbons (Fsp3) is 0.439. The first-order valence-electron chi connectivity index (χ1n) is 18.4. The van der Waals surface area contributed by atoms with Crippen LogP contribution in [0.4, 0.5) is 9.59 Å². The van der Waals surface area contributed by atoms with Gasteiger partial charge in [-0.3, -0.25) is 14.8 Å². The molecule has 12 heteroatoms. The summed E-state index contributed by atoms with van der Waals surface area (Å²) >= 11 is 0. The second-order valence-corrected chi connectivity index (χ2v) is 16.3. The molecule has 2 aromatic heterocycles. The lowest BCUT2D eigenvalue weighted by molar-refractivity contribution is 0.0216. The van der Waals surface area contributed by atoms with Crippen molar-refractivity contribution in [1.29, 1.82) is 0 Å². The number of nitrogens with zero attached hydrogens (tertiary/aromatic N) is 4. The van der Waals surface area contributed by atoms with Gasteiger partial charge >= 0.3 is 17.8 Å². The molecule has 12 nitrogen and oxygen atoms in total. The molecule has 4 aromatic rings. The summed E-state index contributed by atoms with van der Waals surface area (Å²) < 4.78 is 23.5. The fourth-order valence-electron chi connectivity index (χ4n) is 7.78. The van der Waals surface area contributed by atoms with Crippen molar-refractivity contribution in [2.24, 2.45) is 4.99 Å². The van der Waals surface area contributed by atoms with Crippen molar-refractivity contribution in [2.75, 3.05) is 13.1 Å². The van der Waals surface area contributed by atoms with Crippen LogP contribution in [-0.4, -0.2) is 68.0 Å². The summed E-state index contributed by atoms with van der Waals surface area (Å²) in [5.74, 6) is 1.30. The molecule has 2 atom stereocenters. The van der Waals surface area contributed by atoms with E-state index < -0.39 is 16.8 Å². The number of aromatic amines is 1. The second-order valence-electron chi connectivity index (χ2n) is 16.3. The Bertz CT molecular complexity index is 2250. The number of rotatable bonds is 4. The second kappa shape index (κ2) is 12.9. The first-order chi connectivity index (χ1) is 25.2. The molecule has 4 aliphatic rings. The third-order valence-electron chi connectivity index (χ3n) is 10.1. The number of H-pyrrole nitrogens is 1. The molecule has 2 saturated heterocycles. The van der Waals surface area contributed by atoms with E-state index in [0.717, 1.165) is 64.7 Å². The minimum Gasteiger partial charge on any atom is -0.488 e. The quantitative estimate of drug-likeness (QED) is 0.208. The van der Waals surface area contributed by atoms with E-state index in [1.807, 2.05) is 84.1 Å². The lowest BCUT2D eigenvalue weighted by Crippen LogP contribution is -2.43. The molecule has 1 N–H and O–H groups in total. The number of likely N-dealkylation sites (tertiary alicyclic amines) is 2. The van der Waals surface area contributed by atoms with Gasteiger partial charge in [-0.05, 0) is 96.6 Å². The number of fused-ring (bicyclic) bond motifs is 5. The molecular weight excluding hydrogens is 674 g/mol. The Morgan fingerprint density at radius 2 is 1.57 bits per heavy atom. The number of carbonyl (C=O) groups is 2. The van der Waals surface area contributed by atoms with E-state index in [9.17, 15) is 14.4 Å². The molecular formula is C41H45N5O7. The Kier molecular flexibility index (Phi) is 8.46. The number of carbonyl (C=O) groups excluding carboxylic acids is 2. The maximum absolute atomic E-state index is 13.6. The van der Waals surface area contributed by atoms with Crippen LogP contribution in [0.1, 0.15) is 96.6 Å². The molecule has 0 radical (unpaired) electrons. The summed E-state index contributed by atoms with van der Waals surface area (Å²) in [5, 5.41) is 0.798. The van der Waals surface area contributed by atoms with Gasteiger partial charge in [0.1, 0.15) is 35.0 Å². The summed E-state index contributed by atoms with van der Waals surface area (Å²) in [4.78, 5) is 55.7. The van der Waals surface area contributed by atoms with Crippen LogP contribution in [0.5, 0.6) is 5.75 Å². The van der Waals surface area contributed by atoms with Gasteiger partial charge < -0.3 is 23.6 Å². The maximum atomic E-state index is 13.6. The number of aliphatic imine (C=N–C) groups is 1. The zero-order valence-electron chi connectivity index (χ0n) is 31.1. The summed E-state index contributed by atoms with van der Waals surface area (Å²) in [6.45, 7) is 12.7. The Morgan fingerprint density at radius 3 is 2.28 bits per heavy atom. The number of allylic oxidation sites excluding steroid dienone is 1. The minimum atomic E-state index is -0.583. The Morgan fingerprint density at radius 1 is 0.887 bits per heavy atom. The lowest BCUT2D eigenvalue weighted by atomic mass is 9.92. The van der Waals surface area contributed by atoms with Gasteiger partial charge in [-0.2, -0.15) is 0 Å². The first kappa shape index (κ1) is 34.7. The predicted octanol–water partition coefficient (Wildman–Crippen LogP) is 8.40. The third kappa shape index (κ3) is 6.71. The van der Waals surface area contributed by atoms with Crippen molar-refractivity contribution in [1.82, 2.24) is 19.8 Å². The molecule has 2 fully saturated rings. The van der Waals surface area contributed by atoms with E-state index in [-0.39, 0.29) is 30.9 Å². The highest BCUT2D eigenvalue weighted by atomic mass is 16.6. The number of imidazole rings is 1. The van der Waals surface area contributed by atoms with E-state index in [1.165, 1.54) is 0 Å². The minimum absolute atomic E-state index is 0.0880. The van der Waals surface area contributed by atoms with Crippen molar-refractivity contribution in [3.05, 3.63) is 76.2 Å². The molecule has 6 heterocycles. The van der Waals surface area contributed by atoms with E-state index in [2.05, 4.69) is 9.97 Å². The van der Waals surface area contributed by atoms with Crippen LogP contribution in [0.25, 0.3) is 38.9 Å². The van der Waals surface area contributed by atoms with E-state index in [4.69, 9.17) is 23.6 Å². The number of amides is 2. The van der Waals surface area contributed by atoms with Gasteiger partial charge in [-0.1, -0.05) is 18.2 Å². The van der Waals surface area contributed by atoms with Crippen molar-refractivity contribution >= 4 is 34.4 Å². The highest BCUT2D eigenvalue weighted by Crippen LogP contribution is 2.42. The van der Waals surface area contributed by atoms with Gasteiger partial charge in [0, 0.05) is 53.5 Å². The molecule has 8 rings (SSSR count). The van der Waals surface area contributed by atoms with Crippen LogP contribution in [0, 0.1) is 0 Å². The standard InChI is InChI=1S/C41H45N5O7/c1-40(2,3)52-38(48)45-15-7-9-31(45)29-17-25(20-42-29)23-11-14-27-33(18-23)50-22-28-26-13-12-24(19-34(26)51-37(47)35(27)28)30-21-43-36(44-30)32-10-8-16-46(32)39(49)53-41(4,5)6/h11-14,18-21,31-32H,7-10,15-17,22H2,1-6H3,(H,43,44)/t31-,32-/m0/s1. The van der Waals surface area contributed by atoms with Crippen LogP contribution in [0.15, 0.2) is 63.0 Å².